The van der Waals surface area contributed by atoms with E-state index in [1.54, 1.807) is 55.4 Å². The molecule has 0 aromatic rings. The second-order valence-corrected chi connectivity index (χ2v) is 16.5. The van der Waals surface area contributed by atoms with E-state index in [4.69, 9.17) is 28.4 Å². The van der Waals surface area contributed by atoms with Crippen molar-refractivity contribution in [3.05, 3.63) is 0 Å². The minimum atomic E-state index is -1.82. The molecule has 15 nitrogen and oxygen atoms in total. The first-order valence-corrected chi connectivity index (χ1v) is 18.8. The number of cyclic esters (lactones) is 1. The van der Waals surface area contributed by atoms with Crippen LogP contribution >= 0.6 is 0 Å². The van der Waals surface area contributed by atoms with Gasteiger partial charge in [-0.25, -0.2) is 0 Å². The molecule has 3 saturated heterocycles. The first-order chi connectivity index (χ1) is 24.0. The highest BCUT2D eigenvalue weighted by molar-refractivity contribution is 5.73. The van der Waals surface area contributed by atoms with Gasteiger partial charge in [-0.15, -0.1) is 0 Å². The van der Waals surface area contributed by atoms with Crippen LogP contribution in [0.1, 0.15) is 94.9 Å². The number of carbonyl (C=O) groups excluding carboxylic acids is 2. The molecule has 3 fully saturated rings. The van der Waals surface area contributed by atoms with Crippen molar-refractivity contribution in [1.82, 2.24) is 10.2 Å². The molecule has 0 aromatic heterocycles. The van der Waals surface area contributed by atoms with Crippen LogP contribution in [-0.2, 0) is 38.0 Å². The predicted molar refractivity (Wildman–Crippen MR) is 190 cm³/mol. The molecule has 3 heterocycles. The number of amides is 1. The third-order valence-corrected chi connectivity index (χ3v) is 11.9. The molecule has 0 saturated carbocycles. The fraction of sp³-hybridized carbons (Fsp3) is 0.946. The first kappa shape index (κ1) is 44.9. The van der Waals surface area contributed by atoms with E-state index in [0.717, 1.165) is 0 Å². The average Bonchev–Trinajstić information content (AvgIpc) is 3.06. The lowest BCUT2D eigenvalue weighted by Gasteiger charge is -2.48. The fourth-order valence-electron chi connectivity index (χ4n) is 8.50. The van der Waals surface area contributed by atoms with E-state index in [0.29, 0.717) is 19.4 Å². The summed E-state index contributed by atoms with van der Waals surface area (Å²) < 4.78 is 37.1. The molecule has 18 atom stereocenters. The number of rotatable bonds is 8. The Morgan fingerprint density at radius 3 is 2.19 bits per heavy atom. The second-order valence-electron chi connectivity index (χ2n) is 16.5. The number of nitrogens with one attached hydrogen (secondary N) is 1. The topological polar surface area (TPSA) is 206 Å². The van der Waals surface area contributed by atoms with Crippen molar-refractivity contribution in [2.24, 2.45) is 17.8 Å². The molecule has 3 rings (SSSR count). The number of hydrogen-bond donors (Lipinski definition) is 6. The highest BCUT2D eigenvalue weighted by atomic mass is 16.7. The molecule has 0 aromatic carbocycles. The number of aliphatic hydroxyl groups excluding tert-OH is 3. The summed E-state index contributed by atoms with van der Waals surface area (Å²) in [5.41, 5.74) is -4.50. The molecule has 0 bridgehead atoms. The van der Waals surface area contributed by atoms with E-state index < -0.39 is 108 Å². The molecule has 3 aliphatic heterocycles. The van der Waals surface area contributed by atoms with E-state index in [1.807, 2.05) is 18.9 Å². The molecule has 3 aliphatic rings. The molecule has 15 heteroatoms. The Morgan fingerprint density at radius 1 is 0.981 bits per heavy atom. The summed E-state index contributed by atoms with van der Waals surface area (Å²) in [4.78, 5) is 27.4. The van der Waals surface area contributed by atoms with Crippen molar-refractivity contribution in [2.75, 3.05) is 20.7 Å². The van der Waals surface area contributed by atoms with Crippen LogP contribution in [0.15, 0.2) is 0 Å². The van der Waals surface area contributed by atoms with Crippen LogP contribution in [0.3, 0.4) is 0 Å². The summed E-state index contributed by atoms with van der Waals surface area (Å²) in [6.07, 6.45) is -8.89. The third-order valence-electron chi connectivity index (χ3n) is 11.9. The van der Waals surface area contributed by atoms with E-state index in [9.17, 15) is 35.1 Å². The Morgan fingerprint density at radius 2 is 1.62 bits per heavy atom. The van der Waals surface area contributed by atoms with Crippen LogP contribution in [0.5, 0.6) is 0 Å². The third kappa shape index (κ3) is 10.0. The Hall–Kier alpha value is -1.50. The molecule has 6 N–H and O–H groups in total. The maximum atomic E-state index is 14.2. The maximum absolute atomic E-state index is 14.2. The lowest BCUT2D eigenvalue weighted by molar-refractivity contribution is -0.315. The van der Waals surface area contributed by atoms with Crippen molar-refractivity contribution < 1.29 is 63.5 Å². The molecule has 52 heavy (non-hydrogen) atoms. The maximum Gasteiger partial charge on any atom is 0.311 e. The van der Waals surface area contributed by atoms with Gasteiger partial charge in [-0.1, -0.05) is 20.8 Å². The minimum Gasteiger partial charge on any atom is -0.459 e. The summed E-state index contributed by atoms with van der Waals surface area (Å²) in [7, 11) is 3.30. The zero-order valence-electron chi connectivity index (χ0n) is 33.2. The Bertz CT molecular complexity index is 1160. The van der Waals surface area contributed by atoms with Gasteiger partial charge in [-0.3, -0.25) is 9.59 Å². The number of ether oxygens (including phenoxy) is 6. The van der Waals surface area contributed by atoms with E-state index in [1.165, 1.54) is 14.0 Å². The Labute approximate surface area is 309 Å². The highest BCUT2D eigenvalue weighted by Gasteiger charge is 2.52. The lowest BCUT2D eigenvalue weighted by atomic mass is 9.77. The number of carbonyl (C=O) groups is 2. The molecule has 0 aliphatic carbocycles. The van der Waals surface area contributed by atoms with Crippen LogP contribution in [0.2, 0.25) is 0 Å². The van der Waals surface area contributed by atoms with Crippen LogP contribution in [-0.4, -0.2) is 154 Å². The van der Waals surface area contributed by atoms with Gasteiger partial charge in [0.05, 0.1) is 47.6 Å². The largest absolute Gasteiger partial charge is 0.459 e. The van der Waals surface area contributed by atoms with Crippen molar-refractivity contribution in [1.29, 1.82) is 0 Å². The number of aliphatic hydroxyl groups is 5. The fourth-order valence-corrected chi connectivity index (χ4v) is 8.50. The Kier molecular flexibility index (Phi) is 15.5. The number of hydrogen-bond acceptors (Lipinski definition) is 14. The van der Waals surface area contributed by atoms with Crippen molar-refractivity contribution in [3.63, 3.8) is 0 Å². The van der Waals surface area contributed by atoms with Crippen molar-refractivity contribution in [2.45, 2.75) is 185 Å². The normalized spacial score (nSPS) is 49.3. The summed E-state index contributed by atoms with van der Waals surface area (Å²) in [5.74, 6) is -2.79. The summed E-state index contributed by atoms with van der Waals surface area (Å²) in [6.45, 7) is 17.6. The first-order valence-electron chi connectivity index (χ1n) is 18.8. The van der Waals surface area contributed by atoms with Crippen LogP contribution < -0.4 is 5.32 Å². The van der Waals surface area contributed by atoms with E-state index >= 15 is 0 Å². The van der Waals surface area contributed by atoms with Crippen LogP contribution in [0.4, 0.5) is 0 Å². The lowest BCUT2D eigenvalue weighted by Crippen LogP contribution is -2.60. The van der Waals surface area contributed by atoms with Crippen molar-refractivity contribution >= 4 is 12.4 Å². The summed E-state index contributed by atoms with van der Waals surface area (Å²) >= 11 is 0. The van der Waals surface area contributed by atoms with Gasteiger partial charge in [0.25, 0.3) is 0 Å². The SMILES string of the molecule is CC[C@H]1OC(=O)[C@H](C)[C@H](O[C@H]2C[C@@](C)(OC)[C@@H](O)[C@H](C)O2)[C@H](C)[C@@H](O[C@@H]2O[C@H](C)C[C@H](NC=O)[C@H]2O)[C@](C)(O)C[C@@H](C)CN(C)[C@H](C)[C@H](O)[C@]1(C)O. The monoisotopic (exact) mass is 748 g/mol. The van der Waals surface area contributed by atoms with Gasteiger partial charge in [0.1, 0.15) is 30.0 Å². The number of methoxy groups -OCH3 is 1. The van der Waals surface area contributed by atoms with Gasteiger partial charge in [0.2, 0.25) is 6.41 Å². The molecule has 304 valence electrons. The minimum absolute atomic E-state index is 0.0999. The van der Waals surface area contributed by atoms with Crippen molar-refractivity contribution in [3.8, 4) is 0 Å². The van der Waals surface area contributed by atoms with Gasteiger partial charge in [0, 0.05) is 32.0 Å². The quantitative estimate of drug-likeness (QED) is 0.152. The number of esters is 1. The summed E-state index contributed by atoms with van der Waals surface area (Å²) in [5, 5.41) is 60.4. The molecule has 0 unspecified atom stereocenters. The van der Waals surface area contributed by atoms with Gasteiger partial charge in [0.15, 0.2) is 12.6 Å². The number of nitrogens with zero attached hydrogens (tertiary/aromatic N) is 1. The number of likely N-dealkylation sites (N-methyl/N-ethyl adjacent to an activating group) is 1. The molecule has 1 amide bonds. The average molecular weight is 749 g/mol. The van der Waals surface area contributed by atoms with E-state index in [2.05, 4.69) is 5.32 Å². The summed E-state index contributed by atoms with van der Waals surface area (Å²) in [6, 6.07) is -1.24. The molecule has 0 spiro atoms. The zero-order valence-corrected chi connectivity index (χ0v) is 33.2. The van der Waals surface area contributed by atoms with Gasteiger partial charge in [-0.05, 0) is 80.7 Å². The van der Waals surface area contributed by atoms with Gasteiger partial charge < -0.3 is 64.2 Å². The van der Waals surface area contributed by atoms with Gasteiger partial charge in [-0.2, -0.15) is 0 Å². The molecule has 0 radical (unpaired) electrons. The van der Waals surface area contributed by atoms with Gasteiger partial charge >= 0.3 is 5.97 Å². The van der Waals surface area contributed by atoms with E-state index in [-0.39, 0.29) is 25.2 Å². The Balaban J connectivity index is 2.17. The van der Waals surface area contributed by atoms with Crippen LogP contribution in [0.25, 0.3) is 0 Å². The smallest absolute Gasteiger partial charge is 0.311 e. The predicted octanol–water partition coefficient (Wildman–Crippen LogP) is 1.09. The second kappa shape index (κ2) is 18.0. The molecular weight excluding hydrogens is 680 g/mol. The molecular formula is C37H68N2O13. The standard InChI is InChI=1S/C37H68N2O13/c1-13-26-37(10,46)30(42)23(6)39(11)17-19(2)15-35(8,45)32(52-34-28(41)25(38-18-40)14-20(3)48-34)21(4)29(22(5)33(44)50-26)51-27-16-36(9,47-12)31(43)24(7)49-27/h18-32,34,41-43,45-46H,13-17H2,1-12H3,(H,38,40)/t19-,20-,21+,22-,23-,24+,25+,26-,27+,28-,29-,30+,31+,32-,34+,35-,36-,37-/m1/s1. The van der Waals surface area contributed by atoms with Crippen LogP contribution in [0, 0.1) is 17.8 Å². The zero-order chi connectivity index (χ0) is 39.5. The highest BCUT2D eigenvalue weighted by Crippen LogP contribution is 2.40.